The van der Waals surface area contributed by atoms with Gasteiger partial charge in [-0.2, -0.15) is 4.98 Å². The fourth-order valence-electron chi connectivity index (χ4n) is 2.34. The van der Waals surface area contributed by atoms with E-state index in [1.807, 2.05) is 44.2 Å². The number of hydrogen-bond acceptors (Lipinski definition) is 4. The molecule has 0 aliphatic heterocycles. The van der Waals surface area contributed by atoms with E-state index in [1.54, 1.807) is 12.2 Å². The Labute approximate surface area is 164 Å². The van der Waals surface area contributed by atoms with Crippen LogP contribution in [0.25, 0.3) is 0 Å². The normalized spacial score (nSPS) is 10.4. The number of allylic oxidation sites excluding steroid dienone is 2. The number of carboxylic acid groups (broad SMARTS) is 1. The van der Waals surface area contributed by atoms with E-state index in [9.17, 15) is 0 Å². The van der Waals surface area contributed by atoms with Crippen LogP contribution in [0.4, 0.5) is 0 Å². The van der Waals surface area contributed by atoms with Crippen LogP contribution in [0.3, 0.4) is 0 Å². The number of nitrogens with zero attached hydrogens (tertiary/aromatic N) is 2. The molecule has 1 N–H and O–H groups in total. The van der Waals surface area contributed by atoms with Crippen LogP contribution < -0.4 is 4.74 Å². The number of hydrogen-bond donors (Lipinski definition) is 1. The molecule has 0 aliphatic carbocycles. The standard InChI is InChI=1S/C20H21ClN2O.CH2O2/c1-5-9-16(6-2)13-24-20-18(14(3)22-15(4)23-20)12-17-10-7-8-11-19(17)21;2-1-3/h5-11H,1-2,12-13H2,3-4H3;1H,(H,2,3)/b16-9+;. The van der Waals surface area contributed by atoms with Crippen LogP contribution in [-0.2, 0) is 11.2 Å². The molecule has 0 amide bonds. The van der Waals surface area contributed by atoms with E-state index in [0.717, 1.165) is 27.4 Å². The summed E-state index contributed by atoms with van der Waals surface area (Å²) in [7, 11) is 0. The van der Waals surface area contributed by atoms with Gasteiger partial charge < -0.3 is 9.84 Å². The first-order chi connectivity index (χ1) is 13.0. The zero-order chi connectivity index (χ0) is 20.2. The average molecular weight is 387 g/mol. The molecule has 0 fully saturated rings. The molecule has 142 valence electrons. The predicted octanol–water partition coefficient (Wildman–Crippen LogP) is 4.72. The van der Waals surface area contributed by atoms with E-state index < -0.39 is 0 Å². The van der Waals surface area contributed by atoms with Crippen molar-refractivity contribution in [3.63, 3.8) is 0 Å². The Kier molecular flexibility index (Phi) is 9.54. The second-order valence-electron chi connectivity index (χ2n) is 5.48. The van der Waals surface area contributed by atoms with Crippen molar-refractivity contribution in [2.45, 2.75) is 20.3 Å². The first-order valence-corrected chi connectivity index (χ1v) is 8.56. The van der Waals surface area contributed by atoms with Crippen molar-refractivity contribution < 1.29 is 14.6 Å². The van der Waals surface area contributed by atoms with Gasteiger partial charge in [0.25, 0.3) is 6.47 Å². The van der Waals surface area contributed by atoms with E-state index in [2.05, 4.69) is 23.1 Å². The van der Waals surface area contributed by atoms with Gasteiger partial charge in [0.05, 0.1) is 0 Å². The summed E-state index contributed by atoms with van der Waals surface area (Å²) in [5.74, 6) is 1.26. The lowest BCUT2D eigenvalue weighted by atomic mass is 10.0. The lowest BCUT2D eigenvalue weighted by Crippen LogP contribution is -2.08. The number of ether oxygens (including phenoxy) is 1. The molecule has 0 unspecified atom stereocenters. The maximum absolute atomic E-state index is 8.36. The van der Waals surface area contributed by atoms with Gasteiger partial charge in [-0.3, -0.25) is 4.79 Å². The Bertz CT molecular complexity index is 832. The van der Waals surface area contributed by atoms with Crippen LogP contribution >= 0.6 is 11.6 Å². The van der Waals surface area contributed by atoms with Gasteiger partial charge in [-0.1, -0.05) is 61.2 Å². The van der Waals surface area contributed by atoms with Crippen LogP contribution in [0.5, 0.6) is 5.88 Å². The van der Waals surface area contributed by atoms with Crippen molar-refractivity contribution in [3.05, 3.63) is 88.9 Å². The molecule has 0 radical (unpaired) electrons. The summed E-state index contributed by atoms with van der Waals surface area (Å²) in [5, 5.41) is 7.61. The minimum Gasteiger partial charge on any atom is -0.483 e. The second-order valence-corrected chi connectivity index (χ2v) is 5.89. The number of carbonyl (C=O) groups is 1. The fraction of sp³-hybridized carbons (Fsp3) is 0.190. The molecular weight excluding hydrogens is 364 g/mol. The molecule has 5 nitrogen and oxygen atoms in total. The molecule has 6 heteroatoms. The summed E-state index contributed by atoms with van der Waals surface area (Å²) in [6.07, 6.45) is 5.94. The van der Waals surface area contributed by atoms with Gasteiger partial charge in [0.2, 0.25) is 5.88 Å². The zero-order valence-corrected chi connectivity index (χ0v) is 16.2. The van der Waals surface area contributed by atoms with Crippen LogP contribution in [0, 0.1) is 13.8 Å². The van der Waals surface area contributed by atoms with Crippen molar-refractivity contribution in [1.82, 2.24) is 9.97 Å². The second kappa shape index (κ2) is 11.6. The van der Waals surface area contributed by atoms with Crippen LogP contribution in [0.1, 0.15) is 22.6 Å². The third kappa shape index (κ3) is 7.07. The Morgan fingerprint density at radius 2 is 1.93 bits per heavy atom. The summed E-state index contributed by atoms with van der Waals surface area (Å²) >= 11 is 6.29. The maximum atomic E-state index is 8.36. The van der Waals surface area contributed by atoms with Crippen molar-refractivity contribution in [1.29, 1.82) is 0 Å². The lowest BCUT2D eigenvalue weighted by molar-refractivity contribution is -0.122. The highest BCUT2D eigenvalue weighted by Gasteiger charge is 2.14. The van der Waals surface area contributed by atoms with Crippen molar-refractivity contribution in [2.75, 3.05) is 6.61 Å². The minimum atomic E-state index is -0.250. The monoisotopic (exact) mass is 386 g/mol. The maximum Gasteiger partial charge on any atom is 0.290 e. The molecule has 1 aromatic carbocycles. The minimum absolute atomic E-state index is 0.250. The van der Waals surface area contributed by atoms with Gasteiger partial charge in [0.1, 0.15) is 12.4 Å². The van der Waals surface area contributed by atoms with Gasteiger partial charge >= 0.3 is 0 Å². The molecular formula is C21H23ClN2O3. The topological polar surface area (TPSA) is 72.3 Å². The predicted molar refractivity (Wildman–Crippen MR) is 108 cm³/mol. The number of rotatable bonds is 7. The van der Waals surface area contributed by atoms with E-state index in [4.69, 9.17) is 26.2 Å². The van der Waals surface area contributed by atoms with Crippen LogP contribution in [-0.4, -0.2) is 28.2 Å². The summed E-state index contributed by atoms with van der Waals surface area (Å²) < 4.78 is 5.93. The van der Waals surface area contributed by atoms with Gasteiger partial charge in [-0.25, -0.2) is 4.98 Å². The molecule has 0 atom stereocenters. The van der Waals surface area contributed by atoms with Gasteiger partial charge in [0, 0.05) is 22.7 Å². The van der Waals surface area contributed by atoms with Crippen LogP contribution in [0.2, 0.25) is 5.02 Å². The van der Waals surface area contributed by atoms with E-state index >= 15 is 0 Å². The molecule has 0 spiro atoms. The third-order valence-corrected chi connectivity index (χ3v) is 3.95. The van der Waals surface area contributed by atoms with Crippen molar-refractivity contribution >= 4 is 18.1 Å². The fourth-order valence-corrected chi connectivity index (χ4v) is 2.54. The van der Waals surface area contributed by atoms with Crippen LogP contribution in [0.15, 0.2) is 61.2 Å². The first kappa shape index (κ1) is 22.1. The Balaban J connectivity index is 0.00000114. The SMILES string of the molecule is C=C/C=C(\C=C)COc1nc(C)nc(C)c1Cc1ccccc1Cl.O=CO. The quantitative estimate of drug-likeness (QED) is 0.550. The smallest absolute Gasteiger partial charge is 0.290 e. The lowest BCUT2D eigenvalue weighted by Gasteiger charge is -2.14. The molecule has 0 saturated heterocycles. The number of aromatic nitrogens is 2. The molecule has 0 saturated carbocycles. The summed E-state index contributed by atoms with van der Waals surface area (Å²) in [6, 6.07) is 7.76. The largest absolute Gasteiger partial charge is 0.483 e. The Hall–Kier alpha value is -2.92. The van der Waals surface area contributed by atoms with Gasteiger partial charge in [-0.05, 0) is 31.1 Å². The summed E-state index contributed by atoms with van der Waals surface area (Å²) in [5.41, 5.74) is 3.79. The summed E-state index contributed by atoms with van der Waals surface area (Å²) in [6.45, 7) is 11.4. The van der Waals surface area contributed by atoms with E-state index in [-0.39, 0.29) is 6.47 Å². The zero-order valence-electron chi connectivity index (χ0n) is 15.5. The van der Waals surface area contributed by atoms with E-state index in [0.29, 0.717) is 24.7 Å². The molecule has 2 rings (SSSR count). The number of benzene rings is 1. The number of aryl methyl sites for hydroxylation is 2. The first-order valence-electron chi connectivity index (χ1n) is 8.19. The molecule has 1 heterocycles. The molecule has 0 bridgehead atoms. The average Bonchev–Trinajstić information content (AvgIpc) is 2.63. The van der Waals surface area contributed by atoms with Gasteiger partial charge in [0.15, 0.2) is 0 Å². The highest BCUT2D eigenvalue weighted by molar-refractivity contribution is 6.31. The Morgan fingerprint density at radius 1 is 1.26 bits per heavy atom. The van der Waals surface area contributed by atoms with Gasteiger partial charge in [-0.15, -0.1) is 0 Å². The highest BCUT2D eigenvalue weighted by Crippen LogP contribution is 2.26. The highest BCUT2D eigenvalue weighted by atomic mass is 35.5. The van der Waals surface area contributed by atoms with Crippen molar-refractivity contribution in [3.8, 4) is 5.88 Å². The van der Waals surface area contributed by atoms with E-state index in [1.165, 1.54) is 0 Å². The molecule has 2 aromatic rings. The summed E-state index contributed by atoms with van der Waals surface area (Å²) in [4.78, 5) is 17.3. The number of halogens is 1. The molecule has 1 aromatic heterocycles. The Morgan fingerprint density at radius 3 is 2.52 bits per heavy atom. The third-order valence-electron chi connectivity index (χ3n) is 3.58. The molecule has 0 aliphatic rings. The molecule has 27 heavy (non-hydrogen) atoms. The van der Waals surface area contributed by atoms with Crippen molar-refractivity contribution in [2.24, 2.45) is 0 Å².